The zero-order chi connectivity index (χ0) is 20.9. The second-order valence-corrected chi connectivity index (χ2v) is 8.15. The van der Waals surface area contributed by atoms with Gasteiger partial charge in [0.25, 0.3) is 5.91 Å². The molecule has 30 heavy (non-hydrogen) atoms. The molecule has 1 saturated heterocycles. The maximum absolute atomic E-state index is 13.0. The van der Waals surface area contributed by atoms with Crippen LogP contribution in [0.2, 0.25) is 0 Å². The first-order valence-corrected chi connectivity index (χ1v) is 10.7. The highest BCUT2D eigenvalue weighted by molar-refractivity contribution is 5.82. The number of rotatable bonds is 5. The highest BCUT2D eigenvalue weighted by Gasteiger charge is 2.34. The average Bonchev–Trinajstić information content (AvgIpc) is 2.82. The number of carbonyl (C=O) groups excluding carboxylic acids is 2. The molecule has 0 aromatic heterocycles. The summed E-state index contributed by atoms with van der Waals surface area (Å²) in [5.41, 5.74) is 3.57. The summed E-state index contributed by atoms with van der Waals surface area (Å²) in [6.07, 6.45) is 2.22. The Morgan fingerprint density at radius 3 is 2.53 bits per heavy atom. The van der Waals surface area contributed by atoms with Crippen molar-refractivity contribution in [2.45, 2.75) is 38.4 Å². The molecule has 2 aliphatic heterocycles. The van der Waals surface area contributed by atoms with E-state index in [-0.39, 0.29) is 23.8 Å². The molecular formula is C24H30N3O3+. The molecule has 3 N–H and O–H groups in total. The maximum Gasteiger partial charge on any atom is 0.281 e. The third kappa shape index (κ3) is 4.49. The Balaban J connectivity index is 1.26. The Hall–Kier alpha value is -2.86. The van der Waals surface area contributed by atoms with Crippen molar-refractivity contribution in [2.24, 2.45) is 5.92 Å². The van der Waals surface area contributed by atoms with Crippen molar-refractivity contribution in [2.75, 3.05) is 20.2 Å². The van der Waals surface area contributed by atoms with Crippen LogP contribution < -0.4 is 15.4 Å². The summed E-state index contributed by atoms with van der Waals surface area (Å²) in [4.78, 5) is 27.6. The van der Waals surface area contributed by atoms with Crippen molar-refractivity contribution < 1.29 is 19.6 Å². The monoisotopic (exact) mass is 408 g/mol. The fourth-order valence-electron chi connectivity index (χ4n) is 4.51. The molecule has 0 unspecified atom stereocenters. The van der Waals surface area contributed by atoms with Gasteiger partial charge in [-0.3, -0.25) is 9.59 Å². The molecule has 158 valence electrons. The molecule has 2 aliphatic rings. The number of fused-ring (bicyclic) bond motifs is 1. The summed E-state index contributed by atoms with van der Waals surface area (Å²) < 4.78 is 5.34. The van der Waals surface area contributed by atoms with E-state index in [0.29, 0.717) is 32.5 Å². The number of carbonyl (C=O) groups is 2. The van der Waals surface area contributed by atoms with Crippen LogP contribution in [0.3, 0.4) is 0 Å². The molecule has 2 amide bonds. The highest BCUT2D eigenvalue weighted by atomic mass is 16.5. The molecule has 2 aromatic carbocycles. The summed E-state index contributed by atoms with van der Waals surface area (Å²) in [5.74, 6) is 1.01. The SMILES string of the molecule is COc1ccccc1CNC(=O)C1CCN(C(=O)[C@@H]2Cc3ccccc3C[NH2+]2)CC1. The minimum Gasteiger partial charge on any atom is -0.496 e. The number of para-hydroxylation sites is 1. The normalized spacial score (nSPS) is 19.1. The van der Waals surface area contributed by atoms with Crippen LogP contribution in [-0.4, -0.2) is 43.0 Å². The smallest absolute Gasteiger partial charge is 0.281 e. The van der Waals surface area contributed by atoms with Crippen molar-refractivity contribution in [1.29, 1.82) is 0 Å². The molecular weight excluding hydrogens is 378 g/mol. The van der Waals surface area contributed by atoms with Gasteiger partial charge in [0.2, 0.25) is 5.91 Å². The standard InChI is InChI=1S/C24H29N3O3/c1-30-22-9-5-4-8-20(22)16-26-23(28)17-10-12-27(13-11-17)24(29)21-14-18-6-2-3-7-19(18)15-25-21/h2-9,17,21,25H,10-16H2,1H3,(H,26,28)/p+1/t21-/m0/s1. The first-order chi connectivity index (χ1) is 14.7. The van der Waals surface area contributed by atoms with E-state index in [2.05, 4.69) is 28.8 Å². The van der Waals surface area contributed by atoms with Crippen LogP contribution in [0.25, 0.3) is 0 Å². The summed E-state index contributed by atoms with van der Waals surface area (Å²) in [6, 6.07) is 16.0. The fourth-order valence-corrected chi connectivity index (χ4v) is 4.51. The number of methoxy groups -OCH3 is 1. The number of nitrogens with one attached hydrogen (secondary N) is 1. The predicted octanol–water partition coefficient (Wildman–Crippen LogP) is 1.24. The van der Waals surface area contributed by atoms with Crippen LogP contribution in [0, 0.1) is 5.92 Å². The summed E-state index contributed by atoms with van der Waals surface area (Å²) in [5, 5.41) is 5.18. The number of likely N-dealkylation sites (tertiary alicyclic amines) is 1. The number of piperidine rings is 1. The van der Waals surface area contributed by atoms with Crippen molar-refractivity contribution in [1.82, 2.24) is 10.2 Å². The molecule has 0 radical (unpaired) electrons. The van der Waals surface area contributed by atoms with E-state index in [9.17, 15) is 9.59 Å². The van der Waals surface area contributed by atoms with Gasteiger partial charge >= 0.3 is 0 Å². The first kappa shape index (κ1) is 20.4. The number of nitrogens with two attached hydrogens (primary N) is 1. The minimum atomic E-state index is -0.0455. The fraction of sp³-hybridized carbons (Fsp3) is 0.417. The Morgan fingerprint density at radius 2 is 1.77 bits per heavy atom. The molecule has 1 atom stereocenters. The zero-order valence-electron chi connectivity index (χ0n) is 17.5. The van der Waals surface area contributed by atoms with E-state index in [1.54, 1.807) is 7.11 Å². The molecule has 0 bridgehead atoms. The highest BCUT2D eigenvalue weighted by Crippen LogP contribution is 2.21. The lowest BCUT2D eigenvalue weighted by molar-refractivity contribution is -0.695. The van der Waals surface area contributed by atoms with Crippen molar-refractivity contribution in [3.05, 3.63) is 65.2 Å². The lowest BCUT2D eigenvalue weighted by Crippen LogP contribution is -2.93. The third-order valence-electron chi connectivity index (χ3n) is 6.32. The van der Waals surface area contributed by atoms with Gasteiger partial charge in [-0.1, -0.05) is 42.5 Å². The van der Waals surface area contributed by atoms with Gasteiger partial charge in [-0.05, 0) is 24.5 Å². The van der Waals surface area contributed by atoms with Crippen molar-refractivity contribution in [3.8, 4) is 5.75 Å². The Labute approximate surface area is 177 Å². The van der Waals surface area contributed by atoms with Crippen LogP contribution in [0.4, 0.5) is 0 Å². The van der Waals surface area contributed by atoms with Crippen molar-refractivity contribution >= 4 is 11.8 Å². The van der Waals surface area contributed by atoms with Gasteiger partial charge < -0.3 is 20.3 Å². The van der Waals surface area contributed by atoms with Crippen molar-refractivity contribution in [3.63, 3.8) is 0 Å². The van der Waals surface area contributed by atoms with Gasteiger partial charge in [-0.25, -0.2) is 0 Å². The molecule has 0 spiro atoms. The Morgan fingerprint density at radius 1 is 1.07 bits per heavy atom. The van der Waals surface area contributed by atoms with Crippen LogP contribution >= 0.6 is 0 Å². The molecule has 0 saturated carbocycles. The molecule has 1 fully saturated rings. The van der Waals surface area contributed by atoms with Gasteiger partial charge in [0.1, 0.15) is 12.3 Å². The largest absolute Gasteiger partial charge is 0.496 e. The van der Waals surface area contributed by atoms with Crippen LogP contribution in [-0.2, 0) is 29.1 Å². The average molecular weight is 409 g/mol. The van der Waals surface area contributed by atoms with Gasteiger partial charge in [0.05, 0.1) is 7.11 Å². The molecule has 4 rings (SSSR count). The van der Waals surface area contributed by atoms with E-state index in [4.69, 9.17) is 4.74 Å². The van der Waals surface area contributed by atoms with Crippen LogP contribution in [0.5, 0.6) is 5.75 Å². The number of quaternary nitrogens is 1. The Kier molecular flexibility index (Phi) is 6.33. The van der Waals surface area contributed by atoms with Crippen LogP contribution in [0.15, 0.2) is 48.5 Å². The molecule has 6 heteroatoms. The van der Waals surface area contributed by atoms with Gasteiger partial charge in [0, 0.05) is 43.1 Å². The molecule has 0 aliphatic carbocycles. The second-order valence-electron chi connectivity index (χ2n) is 8.15. The zero-order valence-corrected chi connectivity index (χ0v) is 17.5. The number of hydrogen-bond acceptors (Lipinski definition) is 3. The lowest BCUT2D eigenvalue weighted by atomic mass is 9.92. The first-order valence-electron chi connectivity index (χ1n) is 10.7. The second kappa shape index (κ2) is 9.30. The third-order valence-corrected chi connectivity index (χ3v) is 6.32. The van der Waals surface area contributed by atoms with Gasteiger partial charge in [0.15, 0.2) is 6.04 Å². The van der Waals surface area contributed by atoms with E-state index in [0.717, 1.165) is 24.3 Å². The van der Waals surface area contributed by atoms with E-state index in [1.807, 2.05) is 35.2 Å². The topological polar surface area (TPSA) is 75.2 Å². The maximum atomic E-state index is 13.0. The summed E-state index contributed by atoms with van der Waals surface area (Å²) in [7, 11) is 1.63. The van der Waals surface area contributed by atoms with Gasteiger partial charge in [-0.15, -0.1) is 0 Å². The Bertz CT molecular complexity index is 906. The minimum absolute atomic E-state index is 0.0418. The quantitative estimate of drug-likeness (QED) is 0.782. The number of amides is 2. The van der Waals surface area contributed by atoms with Crippen LogP contribution in [0.1, 0.15) is 29.5 Å². The molecule has 2 aromatic rings. The van der Waals surface area contributed by atoms with E-state index in [1.165, 1.54) is 11.1 Å². The molecule has 2 heterocycles. The van der Waals surface area contributed by atoms with Gasteiger partial charge in [-0.2, -0.15) is 0 Å². The number of benzene rings is 2. The summed E-state index contributed by atoms with van der Waals surface area (Å²) in [6.45, 7) is 2.61. The summed E-state index contributed by atoms with van der Waals surface area (Å²) >= 11 is 0. The van der Waals surface area contributed by atoms with E-state index < -0.39 is 0 Å². The lowest BCUT2D eigenvalue weighted by Gasteiger charge is -2.34. The number of ether oxygens (including phenoxy) is 1. The number of hydrogen-bond donors (Lipinski definition) is 2. The number of nitrogens with zero attached hydrogens (tertiary/aromatic N) is 1. The molecule has 6 nitrogen and oxygen atoms in total. The predicted molar refractivity (Wildman–Crippen MR) is 114 cm³/mol. The van der Waals surface area contributed by atoms with E-state index >= 15 is 0 Å².